The van der Waals surface area contributed by atoms with Crippen LogP contribution in [0.3, 0.4) is 0 Å². The summed E-state index contributed by atoms with van der Waals surface area (Å²) < 4.78 is 16.5. The Kier molecular flexibility index (Phi) is 5.91. The third-order valence-electron chi connectivity index (χ3n) is 4.15. The molecule has 0 saturated carbocycles. The third kappa shape index (κ3) is 4.56. The van der Waals surface area contributed by atoms with Gasteiger partial charge in [-0.15, -0.1) is 0 Å². The van der Waals surface area contributed by atoms with Crippen molar-refractivity contribution in [2.45, 2.75) is 32.0 Å². The van der Waals surface area contributed by atoms with Gasteiger partial charge in [0.1, 0.15) is 0 Å². The summed E-state index contributed by atoms with van der Waals surface area (Å²) in [5, 5.41) is 0. The normalized spacial score (nSPS) is 20.2. The topological polar surface area (TPSA) is 61.8 Å². The molecule has 1 aliphatic heterocycles. The summed E-state index contributed by atoms with van der Waals surface area (Å²) in [5.74, 6) is -3.18. The predicted molar refractivity (Wildman–Crippen MR) is 100 cm³/mol. The maximum Gasteiger partial charge on any atom is 0.393 e. The minimum Gasteiger partial charge on any atom is -0.460 e. The Hall–Kier alpha value is -3.08. The van der Waals surface area contributed by atoms with Crippen molar-refractivity contribution >= 4 is 18.0 Å². The smallest absolute Gasteiger partial charge is 0.393 e. The number of esters is 2. The Morgan fingerprint density at radius 2 is 1.70 bits per heavy atom. The van der Waals surface area contributed by atoms with Crippen molar-refractivity contribution in [3.63, 3.8) is 0 Å². The van der Waals surface area contributed by atoms with Crippen LogP contribution >= 0.6 is 0 Å². The Labute approximate surface area is 158 Å². The minimum atomic E-state index is -1.80. The lowest BCUT2D eigenvalue weighted by Gasteiger charge is -2.24. The van der Waals surface area contributed by atoms with Gasteiger partial charge in [0.25, 0.3) is 0 Å². The van der Waals surface area contributed by atoms with Crippen LogP contribution in [0.25, 0.3) is 6.08 Å². The number of ether oxygens (including phenoxy) is 3. The summed E-state index contributed by atoms with van der Waals surface area (Å²) in [6.45, 7) is 2.25. The van der Waals surface area contributed by atoms with Crippen molar-refractivity contribution in [3.8, 4) is 0 Å². The van der Waals surface area contributed by atoms with Crippen molar-refractivity contribution in [1.82, 2.24) is 0 Å². The lowest BCUT2D eigenvalue weighted by molar-refractivity contribution is -0.205. The molecule has 140 valence electrons. The van der Waals surface area contributed by atoms with E-state index in [0.717, 1.165) is 24.0 Å². The summed E-state index contributed by atoms with van der Waals surface area (Å²) in [6.07, 6.45) is 3.26. The lowest BCUT2D eigenvalue weighted by Crippen LogP contribution is -2.44. The molecule has 1 aliphatic rings. The highest BCUT2D eigenvalue weighted by Gasteiger charge is 2.54. The van der Waals surface area contributed by atoms with Gasteiger partial charge in [0, 0.05) is 0 Å². The van der Waals surface area contributed by atoms with E-state index in [1.807, 2.05) is 67.6 Å². The number of carbonyl (C=O) groups is 2. The van der Waals surface area contributed by atoms with Crippen LogP contribution in [0.2, 0.25) is 0 Å². The van der Waals surface area contributed by atoms with Crippen LogP contribution in [-0.4, -0.2) is 24.3 Å². The van der Waals surface area contributed by atoms with E-state index in [1.165, 1.54) is 0 Å². The van der Waals surface area contributed by atoms with Crippen LogP contribution in [0.15, 0.2) is 66.4 Å². The molecule has 0 radical (unpaired) electrons. The van der Waals surface area contributed by atoms with Gasteiger partial charge in [-0.05, 0) is 23.6 Å². The van der Waals surface area contributed by atoms with Crippen LogP contribution in [0.5, 0.6) is 0 Å². The molecule has 1 saturated heterocycles. The first kappa shape index (κ1) is 18.7. The van der Waals surface area contributed by atoms with Crippen molar-refractivity contribution in [2.75, 3.05) is 6.61 Å². The van der Waals surface area contributed by atoms with Gasteiger partial charge in [0.2, 0.25) is 5.76 Å². The van der Waals surface area contributed by atoms with Crippen LogP contribution < -0.4 is 0 Å². The maximum absolute atomic E-state index is 12.7. The molecule has 0 aromatic heterocycles. The average Bonchev–Trinajstić information content (AvgIpc) is 2.99. The van der Waals surface area contributed by atoms with E-state index in [2.05, 4.69) is 0 Å². The number of unbranched alkanes of at least 4 members (excludes halogenated alkanes) is 1. The summed E-state index contributed by atoms with van der Waals surface area (Å²) in [7, 11) is 0. The second-order valence-electron chi connectivity index (χ2n) is 6.32. The number of rotatable bonds is 7. The molecule has 2 aromatic carbocycles. The highest BCUT2D eigenvalue weighted by atomic mass is 16.8. The quantitative estimate of drug-likeness (QED) is 0.423. The Morgan fingerprint density at radius 1 is 1.04 bits per heavy atom. The number of hydrogen-bond donors (Lipinski definition) is 0. The second kappa shape index (κ2) is 8.54. The second-order valence-corrected chi connectivity index (χ2v) is 6.32. The third-order valence-corrected chi connectivity index (χ3v) is 4.15. The summed E-state index contributed by atoms with van der Waals surface area (Å²) in [4.78, 5) is 25.1. The van der Waals surface area contributed by atoms with Gasteiger partial charge in [-0.1, -0.05) is 74.0 Å². The van der Waals surface area contributed by atoms with Crippen molar-refractivity contribution < 1.29 is 23.8 Å². The molecule has 1 fully saturated rings. The lowest BCUT2D eigenvalue weighted by atomic mass is 10.1. The molecule has 5 heteroatoms. The van der Waals surface area contributed by atoms with Gasteiger partial charge >= 0.3 is 17.7 Å². The van der Waals surface area contributed by atoms with E-state index in [9.17, 15) is 9.59 Å². The molecular formula is C22H22O5. The van der Waals surface area contributed by atoms with Gasteiger partial charge < -0.3 is 14.2 Å². The maximum atomic E-state index is 12.7. The highest BCUT2D eigenvalue weighted by molar-refractivity contribution is 5.97. The predicted octanol–water partition coefficient (Wildman–Crippen LogP) is 3.88. The van der Waals surface area contributed by atoms with Gasteiger partial charge in [-0.3, -0.25) is 0 Å². The number of hydrogen-bond acceptors (Lipinski definition) is 5. The monoisotopic (exact) mass is 366 g/mol. The first-order chi connectivity index (χ1) is 13.1. The van der Waals surface area contributed by atoms with Gasteiger partial charge in [0.15, 0.2) is 0 Å². The number of benzene rings is 2. The highest BCUT2D eigenvalue weighted by Crippen LogP contribution is 2.33. The Morgan fingerprint density at radius 3 is 2.37 bits per heavy atom. The zero-order valence-corrected chi connectivity index (χ0v) is 15.2. The van der Waals surface area contributed by atoms with E-state index in [4.69, 9.17) is 14.2 Å². The first-order valence-electron chi connectivity index (χ1n) is 9.03. The molecule has 2 aromatic rings. The van der Waals surface area contributed by atoms with Crippen LogP contribution in [0, 0.1) is 0 Å². The fraction of sp³-hybridized carbons (Fsp3) is 0.273. The number of cyclic esters (lactones) is 1. The molecule has 1 atom stereocenters. The van der Waals surface area contributed by atoms with E-state index >= 15 is 0 Å². The molecule has 27 heavy (non-hydrogen) atoms. The van der Waals surface area contributed by atoms with E-state index < -0.39 is 17.7 Å². The van der Waals surface area contributed by atoms with Gasteiger partial charge in [0.05, 0.1) is 13.0 Å². The van der Waals surface area contributed by atoms with E-state index in [1.54, 1.807) is 6.08 Å². The summed E-state index contributed by atoms with van der Waals surface area (Å²) >= 11 is 0. The van der Waals surface area contributed by atoms with E-state index in [0.29, 0.717) is 0 Å². The zero-order chi connectivity index (χ0) is 19.1. The average molecular weight is 366 g/mol. The molecule has 1 heterocycles. The zero-order valence-electron chi connectivity index (χ0n) is 15.2. The minimum absolute atomic E-state index is 0.00965. The van der Waals surface area contributed by atoms with Crippen LogP contribution in [0.1, 0.15) is 30.9 Å². The summed E-state index contributed by atoms with van der Waals surface area (Å²) in [6, 6.07) is 18.5. The fourth-order valence-electron chi connectivity index (χ4n) is 2.74. The Bertz CT molecular complexity index is 813. The van der Waals surface area contributed by atoms with Crippen LogP contribution in [-0.2, 0) is 30.2 Å². The standard InChI is InChI=1S/C22H22O5/c1-2-3-14-25-21(24)22(16-18-12-8-5-9-13-18)26-19(20(23)27-22)15-17-10-6-4-7-11-17/h4-13,15H,2-3,14,16H2,1H3. The molecule has 0 amide bonds. The molecule has 3 rings (SSSR count). The van der Waals surface area contributed by atoms with Gasteiger partial charge in [-0.2, -0.15) is 0 Å². The van der Waals surface area contributed by atoms with Crippen molar-refractivity contribution in [3.05, 3.63) is 77.5 Å². The first-order valence-corrected chi connectivity index (χ1v) is 9.03. The van der Waals surface area contributed by atoms with Crippen LogP contribution in [0.4, 0.5) is 0 Å². The van der Waals surface area contributed by atoms with Crippen molar-refractivity contribution in [2.24, 2.45) is 0 Å². The largest absolute Gasteiger partial charge is 0.460 e. The molecule has 0 aliphatic carbocycles. The van der Waals surface area contributed by atoms with Gasteiger partial charge in [-0.25, -0.2) is 9.59 Å². The number of carbonyl (C=O) groups excluding carboxylic acids is 2. The molecule has 0 bridgehead atoms. The van der Waals surface area contributed by atoms with Crippen molar-refractivity contribution in [1.29, 1.82) is 0 Å². The fourth-order valence-corrected chi connectivity index (χ4v) is 2.74. The van der Waals surface area contributed by atoms with E-state index in [-0.39, 0.29) is 18.8 Å². The molecule has 0 N–H and O–H groups in total. The molecular weight excluding hydrogens is 344 g/mol. The SMILES string of the molecule is CCCCOC(=O)C1(Cc2ccccc2)OC(=O)C(=Cc2ccccc2)O1. The molecule has 1 unspecified atom stereocenters. The molecule has 0 spiro atoms. The summed E-state index contributed by atoms with van der Waals surface area (Å²) in [5.41, 5.74) is 1.58. The molecule has 5 nitrogen and oxygen atoms in total. The Balaban J connectivity index is 1.87.